The van der Waals surface area contributed by atoms with Gasteiger partial charge < -0.3 is 5.11 Å². The SMILES string of the molecule is O=C(O)c1ncc2[nH]nc(C3CC3)c2c1Br. The number of aromatic nitrogens is 3. The maximum atomic E-state index is 11.0. The number of nitrogens with one attached hydrogen (secondary N) is 1. The van der Waals surface area contributed by atoms with E-state index in [0.717, 1.165) is 29.4 Å². The van der Waals surface area contributed by atoms with E-state index in [-0.39, 0.29) is 5.69 Å². The van der Waals surface area contributed by atoms with Crippen LogP contribution in [-0.2, 0) is 0 Å². The van der Waals surface area contributed by atoms with E-state index in [1.165, 1.54) is 6.20 Å². The predicted octanol–water partition coefficient (Wildman–Crippen LogP) is 2.30. The number of fused-ring (bicyclic) bond motifs is 1. The molecule has 0 saturated heterocycles. The summed E-state index contributed by atoms with van der Waals surface area (Å²) in [6, 6.07) is 0. The van der Waals surface area contributed by atoms with Crippen molar-refractivity contribution in [1.29, 1.82) is 0 Å². The van der Waals surface area contributed by atoms with Gasteiger partial charge >= 0.3 is 5.97 Å². The molecule has 5 nitrogen and oxygen atoms in total. The molecule has 0 bridgehead atoms. The number of hydrogen-bond donors (Lipinski definition) is 2. The molecule has 2 N–H and O–H groups in total. The second-order valence-electron chi connectivity index (χ2n) is 3.90. The average molecular weight is 282 g/mol. The highest BCUT2D eigenvalue weighted by molar-refractivity contribution is 9.10. The van der Waals surface area contributed by atoms with E-state index in [2.05, 4.69) is 31.1 Å². The topological polar surface area (TPSA) is 78.9 Å². The lowest BCUT2D eigenvalue weighted by molar-refractivity contribution is 0.0689. The van der Waals surface area contributed by atoms with Crippen LogP contribution in [0.25, 0.3) is 10.9 Å². The number of halogens is 1. The summed E-state index contributed by atoms with van der Waals surface area (Å²) < 4.78 is 0.521. The Hall–Kier alpha value is -1.43. The molecule has 1 saturated carbocycles. The molecule has 1 aliphatic carbocycles. The third-order valence-corrected chi connectivity index (χ3v) is 3.51. The molecule has 2 aromatic rings. The fourth-order valence-corrected chi connectivity index (χ4v) is 2.49. The van der Waals surface area contributed by atoms with E-state index in [9.17, 15) is 4.79 Å². The van der Waals surface area contributed by atoms with Gasteiger partial charge in [0.15, 0.2) is 5.69 Å². The largest absolute Gasteiger partial charge is 0.476 e. The van der Waals surface area contributed by atoms with Crippen LogP contribution < -0.4 is 0 Å². The fourth-order valence-electron chi connectivity index (χ4n) is 1.80. The minimum absolute atomic E-state index is 0.0378. The Balaban J connectivity index is 2.31. The molecule has 6 heteroatoms. The van der Waals surface area contributed by atoms with Gasteiger partial charge in [0.2, 0.25) is 0 Å². The quantitative estimate of drug-likeness (QED) is 0.885. The number of H-pyrrole nitrogens is 1. The minimum atomic E-state index is -1.03. The van der Waals surface area contributed by atoms with Gasteiger partial charge in [-0.15, -0.1) is 0 Å². The summed E-state index contributed by atoms with van der Waals surface area (Å²) in [6.45, 7) is 0. The normalized spacial score (nSPS) is 15.6. The van der Waals surface area contributed by atoms with Crippen molar-refractivity contribution in [1.82, 2.24) is 15.2 Å². The Morgan fingerprint density at radius 3 is 2.94 bits per heavy atom. The number of aromatic carboxylic acids is 1. The minimum Gasteiger partial charge on any atom is -0.476 e. The second kappa shape index (κ2) is 3.28. The van der Waals surface area contributed by atoms with Crippen LogP contribution in [0.4, 0.5) is 0 Å². The van der Waals surface area contributed by atoms with Gasteiger partial charge in [0.05, 0.1) is 21.9 Å². The van der Waals surface area contributed by atoms with Crippen molar-refractivity contribution in [3.8, 4) is 0 Å². The zero-order valence-corrected chi connectivity index (χ0v) is 9.78. The molecule has 0 atom stereocenters. The summed E-state index contributed by atoms with van der Waals surface area (Å²) >= 11 is 3.31. The Labute approximate surface area is 99.0 Å². The summed E-state index contributed by atoms with van der Waals surface area (Å²) in [7, 11) is 0. The Kier molecular flexibility index (Phi) is 2.00. The zero-order valence-electron chi connectivity index (χ0n) is 8.20. The Bertz CT molecular complexity index is 589. The number of carboxylic acid groups (broad SMARTS) is 1. The average Bonchev–Trinajstić information content (AvgIpc) is 2.99. The molecule has 0 unspecified atom stereocenters. The lowest BCUT2D eigenvalue weighted by atomic mass is 10.1. The van der Waals surface area contributed by atoms with E-state index in [0.29, 0.717) is 10.4 Å². The molecule has 0 radical (unpaired) electrons. The molecule has 0 aliphatic heterocycles. The molecular weight excluding hydrogens is 274 g/mol. The van der Waals surface area contributed by atoms with Crippen LogP contribution in [0.5, 0.6) is 0 Å². The number of carbonyl (C=O) groups is 1. The third kappa shape index (κ3) is 1.33. The number of pyridine rings is 1. The van der Waals surface area contributed by atoms with Crippen LogP contribution in [0, 0.1) is 0 Å². The van der Waals surface area contributed by atoms with E-state index >= 15 is 0 Å². The van der Waals surface area contributed by atoms with Crippen LogP contribution in [0.2, 0.25) is 0 Å². The number of carboxylic acids is 1. The molecule has 82 valence electrons. The highest BCUT2D eigenvalue weighted by atomic mass is 79.9. The van der Waals surface area contributed by atoms with E-state index < -0.39 is 5.97 Å². The van der Waals surface area contributed by atoms with Gasteiger partial charge in [-0.05, 0) is 28.8 Å². The molecule has 1 fully saturated rings. The molecule has 2 heterocycles. The van der Waals surface area contributed by atoms with Crippen LogP contribution in [-0.4, -0.2) is 26.3 Å². The van der Waals surface area contributed by atoms with Crippen LogP contribution in [0.3, 0.4) is 0 Å². The number of hydrogen-bond acceptors (Lipinski definition) is 3. The van der Waals surface area contributed by atoms with E-state index in [1.54, 1.807) is 0 Å². The number of nitrogens with zero attached hydrogens (tertiary/aromatic N) is 2. The summed E-state index contributed by atoms with van der Waals surface area (Å²) in [5, 5.41) is 17.0. The van der Waals surface area contributed by atoms with Crippen LogP contribution in [0.1, 0.15) is 34.9 Å². The van der Waals surface area contributed by atoms with Crippen molar-refractivity contribution in [3.63, 3.8) is 0 Å². The predicted molar refractivity (Wildman–Crippen MR) is 60.5 cm³/mol. The van der Waals surface area contributed by atoms with Crippen molar-refractivity contribution in [2.75, 3.05) is 0 Å². The summed E-state index contributed by atoms with van der Waals surface area (Å²) in [5.74, 6) is -0.564. The lowest BCUT2D eigenvalue weighted by Crippen LogP contribution is -2.01. The van der Waals surface area contributed by atoms with Crippen molar-refractivity contribution in [2.45, 2.75) is 18.8 Å². The maximum absolute atomic E-state index is 11.0. The summed E-state index contributed by atoms with van der Waals surface area (Å²) in [6.07, 6.45) is 3.76. The van der Waals surface area contributed by atoms with Crippen LogP contribution in [0.15, 0.2) is 10.7 Å². The van der Waals surface area contributed by atoms with Crippen molar-refractivity contribution in [3.05, 3.63) is 22.1 Å². The van der Waals surface area contributed by atoms with Gasteiger partial charge in [-0.2, -0.15) is 5.10 Å². The molecular formula is C10H8BrN3O2. The van der Waals surface area contributed by atoms with Gasteiger partial charge in [-0.25, -0.2) is 9.78 Å². The Morgan fingerprint density at radius 1 is 1.56 bits per heavy atom. The highest BCUT2D eigenvalue weighted by Crippen LogP contribution is 2.43. The zero-order chi connectivity index (χ0) is 11.3. The number of aromatic amines is 1. The summed E-state index contributed by atoms with van der Waals surface area (Å²) in [4.78, 5) is 14.8. The molecule has 0 spiro atoms. The van der Waals surface area contributed by atoms with Gasteiger partial charge in [-0.1, -0.05) is 0 Å². The van der Waals surface area contributed by atoms with Crippen molar-refractivity contribution >= 4 is 32.8 Å². The first-order valence-electron chi connectivity index (χ1n) is 4.94. The first-order chi connectivity index (χ1) is 7.68. The first kappa shape index (κ1) is 9.77. The van der Waals surface area contributed by atoms with Gasteiger partial charge in [0, 0.05) is 11.3 Å². The molecule has 2 aromatic heterocycles. The Morgan fingerprint density at radius 2 is 2.31 bits per heavy atom. The highest BCUT2D eigenvalue weighted by Gasteiger charge is 2.30. The van der Waals surface area contributed by atoms with Crippen LogP contribution >= 0.6 is 15.9 Å². The molecule has 16 heavy (non-hydrogen) atoms. The van der Waals surface area contributed by atoms with Gasteiger partial charge in [0.25, 0.3) is 0 Å². The molecule has 3 rings (SSSR count). The summed E-state index contributed by atoms with van der Waals surface area (Å²) in [5.41, 5.74) is 1.77. The molecule has 1 aliphatic rings. The molecule has 0 aromatic carbocycles. The smallest absolute Gasteiger partial charge is 0.355 e. The lowest BCUT2D eigenvalue weighted by Gasteiger charge is -2.00. The maximum Gasteiger partial charge on any atom is 0.355 e. The molecule has 0 amide bonds. The fraction of sp³-hybridized carbons (Fsp3) is 0.300. The standard InChI is InChI=1S/C10H8BrN3O2/c11-7-6-5(3-12-9(7)10(15)16)13-14-8(6)4-1-2-4/h3-4H,1-2H2,(H,13,14)(H,15,16). The van der Waals surface area contributed by atoms with E-state index in [1.807, 2.05) is 0 Å². The number of rotatable bonds is 2. The van der Waals surface area contributed by atoms with Gasteiger partial charge in [0.1, 0.15) is 0 Å². The van der Waals surface area contributed by atoms with Crippen molar-refractivity contribution in [2.24, 2.45) is 0 Å². The van der Waals surface area contributed by atoms with Gasteiger partial charge in [-0.3, -0.25) is 5.10 Å². The monoisotopic (exact) mass is 281 g/mol. The second-order valence-corrected chi connectivity index (χ2v) is 4.69. The first-order valence-corrected chi connectivity index (χ1v) is 5.73. The van der Waals surface area contributed by atoms with E-state index in [4.69, 9.17) is 5.11 Å². The van der Waals surface area contributed by atoms with Crippen molar-refractivity contribution < 1.29 is 9.90 Å². The third-order valence-electron chi connectivity index (χ3n) is 2.74.